The smallest absolute Gasteiger partial charge is 0.310 e. The van der Waals surface area contributed by atoms with E-state index in [9.17, 15) is 9.59 Å². The molecular formula is C18H19N5O5. The molecule has 0 saturated carbocycles. The van der Waals surface area contributed by atoms with Crippen LogP contribution in [0.25, 0.3) is 11.2 Å². The molecular weight excluding hydrogens is 366 g/mol. The van der Waals surface area contributed by atoms with Gasteiger partial charge in [-0.3, -0.25) is 9.59 Å². The zero-order valence-electron chi connectivity index (χ0n) is 15.3. The maximum atomic E-state index is 12.3. The summed E-state index contributed by atoms with van der Waals surface area (Å²) < 4.78 is 15.8. The fraction of sp³-hybridized carbons (Fsp3) is 0.278. The molecule has 1 atom stereocenters. The summed E-state index contributed by atoms with van der Waals surface area (Å²) in [5.41, 5.74) is 0.906. The van der Waals surface area contributed by atoms with Crippen LogP contribution in [0.5, 0.6) is 11.5 Å². The van der Waals surface area contributed by atoms with Gasteiger partial charge in [-0.05, 0) is 19.1 Å². The summed E-state index contributed by atoms with van der Waals surface area (Å²) in [4.78, 5) is 39.0. The number of ether oxygens (including phenoxy) is 3. The molecule has 2 aromatic heterocycles. The number of carbonyl (C=O) groups is 2. The lowest BCUT2D eigenvalue weighted by atomic mass is 10.3. The molecule has 3 rings (SSSR count). The Morgan fingerprint density at radius 3 is 2.75 bits per heavy atom. The maximum Gasteiger partial charge on any atom is 0.310 e. The number of H-pyrrole nitrogens is 1. The van der Waals surface area contributed by atoms with Crippen LogP contribution >= 0.6 is 0 Å². The summed E-state index contributed by atoms with van der Waals surface area (Å²) in [6, 6.07) is 7.10. The fourth-order valence-electron chi connectivity index (χ4n) is 2.37. The standard InChI is InChI=1S/C18H19N5O5/c1-11(18(25)23-17-15-16(20-9-19-15)21-10-22-17)28-14(24)7-8-27-13-6-4-3-5-12(13)26-2/h3-6,9-11H,7-8H2,1-2H3,(H2,19,20,21,22,23,25). The molecule has 0 aliphatic rings. The summed E-state index contributed by atoms with van der Waals surface area (Å²) >= 11 is 0. The predicted octanol–water partition coefficient (Wildman–Crippen LogP) is 1.70. The second-order valence-corrected chi connectivity index (χ2v) is 5.69. The van der Waals surface area contributed by atoms with Crippen molar-refractivity contribution in [2.75, 3.05) is 19.0 Å². The van der Waals surface area contributed by atoms with Crippen LogP contribution in [0.1, 0.15) is 13.3 Å². The number of hydrogen-bond donors (Lipinski definition) is 2. The minimum atomic E-state index is -1.01. The number of para-hydroxylation sites is 2. The molecule has 146 valence electrons. The molecule has 0 fully saturated rings. The van der Waals surface area contributed by atoms with Gasteiger partial charge in [0.15, 0.2) is 29.1 Å². The summed E-state index contributed by atoms with van der Waals surface area (Å²) in [6.45, 7) is 1.56. The third kappa shape index (κ3) is 4.53. The summed E-state index contributed by atoms with van der Waals surface area (Å²) in [6.07, 6.45) is 1.70. The van der Waals surface area contributed by atoms with E-state index in [1.807, 2.05) is 6.07 Å². The highest BCUT2D eigenvalue weighted by atomic mass is 16.6. The van der Waals surface area contributed by atoms with E-state index in [0.717, 1.165) is 0 Å². The van der Waals surface area contributed by atoms with Crippen molar-refractivity contribution in [3.63, 3.8) is 0 Å². The molecule has 0 saturated heterocycles. The van der Waals surface area contributed by atoms with Gasteiger partial charge in [-0.1, -0.05) is 12.1 Å². The van der Waals surface area contributed by atoms with Crippen molar-refractivity contribution in [1.82, 2.24) is 19.9 Å². The number of aromatic amines is 1. The molecule has 2 heterocycles. The molecule has 28 heavy (non-hydrogen) atoms. The zero-order chi connectivity index (χ0) is 19.9. The van der Waals surface area contributed by atoms with Crippen LogP contribution in [-0.2, 0) is 14.3 Å². The Bertz CT molecular complexity index is 974. The third-order valence-electron chi connectivity index (χ3n) is 3.77. The molecule has 2 N–H and O–H groups in total. The van der Waals surface area contributed by atoms with Crippen molar-refractivity contribution in [2.45, 2.75) is 19.4 Å². The second-order valence-electron chi connectivity index (χ2n) is 5.69. The first-order valence-electron chi connectivity index (χ1n) is 8.48. The van der Waals surface area contributed by atoms with Gasteiger partial charge in [0, 0.05) is 0 Å². The topological polar surface area (TPSA) is 128 Å². The van der Waals surface area contributed by atoms with E-state index in [0.29, 0.717) is 22.7 Å². The van der Waals surface area contributed by atoms with Crippen LogP contribution in [0, 0.1) is 0 Å². The van der Waals surface area contributed by atoms with E-state index in [2.05, 4.69) is 25.3 Å². The van der Waals surface area contributed by atoms with Gasteiger partial charge in [0.25, 0.3) is 5.91 Å². The second kappa shape index (κ2) is 8.80. The lowest BCUT2D eigenvalue weighted by Gasteiger charge is -2.14. The first-order valence-corrected chi connectivity index (χ1v) is 8.48. The molecule has 10 nitrogen and oxygen atoms in total. The number of rotatable bonds is 8. The van der Waals surface area contributed by atoms with Crippen LogP contribution in [0.2, 0.25) is 0 Å². The minimum Gasteiger partial charge on any atom is -0.493 e. The van der Waals surface area contributed by atoms with Gasteiger partial charge in [-0.2, -0.15) is 0 Å². The van der Waals surface area contributed by atoms with Gasteiger partial charge in [0.2, 0.25) is 0 Å². The molecule has 10 heteroatoms. The van der Waals surface area contributed by atoms with Gasteiger partial charge in [-0.15, -0.1) is 0 Å². The number of imidazole rings is 1. The monoisotopic (exact) mass is 385 g/mol. The van der Waals surface area contributed by atoms with E-state index in [4.69, 9.17) is 14.2 Å². The minimum absolute atomic E-state index is 0.0199. The van der Waals surface area contributed by atoms with Crippen molar-refractivity contribution in [3.8, 4) is 11.5 Å². The molecule has 1 amide bonds. The largest absolute Gasteiger partial charge is 0.493 e. The van der Waals surface area contributed by atoms with Gasteiger partial charge < -0.3 is 24.5 Å². The van der Waals surface area contributed by atoms with Crippen molar-refractivity contribution in [1.29, 1.82) is 0 Å². The van der Waals surface area contributed by atoms with Crippen molar-refractivity contribution < 1.29 is 23.8 Å². The number of anilines is 1. The SMILES string of the molecule is COc1ccccc1OCCC(=O)OC(C)C(=O)Nc1ncnc2nc[nH]c12. The highest BCUT2D eigenvalue weighted by Crippen LogP contribution is 2.25. The normalized spacial score (nSPS) is 11.6. The van der Waals surface area contributed by atoms with E-state index in [1.54, 1.807) is 18.2 Å². The highest BCUT2D eigenvalue weighted by Gasteiger charge is 2.20. The Kier molecular flexibility index (Phi) is 6.00. The van der Waals surface area contributed by atoms with Crippen LogP contribution in [-0.4, -0.2) is 51.6 Å². The number of fused-ring (bicyclic) bond motifs is 1. The van der Waals surface area contributed by atoms with E-state index >= 15 is 0 Å². The number of carbonyl (C=O) groups excluding carboxylic acids is 2. The molecule has 0 aliphatic carbocycles. The number of nitrogens with one attached hydrogen (secondary N) is 2. The lowest BCUT2D eigenvalue weighted by molar-refractivity contribution is -0.153. The molecule has 0 bridgehead atoms. The molecule has 3 aromatic rings. The zero-order valence-corrected chi connectivity index (χ0v) is 15.3. The van der Waals surface area contributed by atoms with Crippen molar-refractivity contribution in [2.24, 2.45) is 0 Å². The van der Waals surface area contributed by atoms with Crippen LogP contribution in [0.3, 0.4) is 0 Å². The quantitative estimate of drug-likeness (QED) is 0.561. The van der Waals surface area contributed by atoms with Crippen molar-refractivity contribution in [3.05, 3.63) is 36.9 Å². The average Bonchev–Trinajstić information content (AvgIpc) is 3.18. The fourth-order valence-corrected chi connectivity index (χ4v) is 2.37. The summed E-state index contributed by atoms with van der Waals surface area (Å²) in [5, 5.41) is 2.59. The molecule has 0 spiro atoms. The third-order valence-corrected chi connectivity index (χ3v) is 3.77. The Hall–Kier alpha value is -3.69. The van der Waals surface area contributed by atoms with Crippen LogP contribution in [0.15, 0.2) is 36.9 Å². The molecule has 0 radical (unpaired) electrons. The van der Waals surface area contributed by atoms with E-state index in [-0.39, 0.29) is 18.8 Å². The molecule has 1 aromatic carbocycles. The first-order chi connectivity index (χ1) is 13.6. The first kappa shape index (κ1) is 19.1. The number of nitrogens with zero attached hydrogens (tertiary/aromatic N) is 3. The number of esters is 1. The summed E-state index contributed by atoms with van der Waals surface area (Å²) in [5.74, 6) is 0.268. The number of aromatic nitrogens is 4. The van der Waals surface area contributed by atoms with E-state index in [1.165, 1.54) is 26.7 Å². The lowest BCUT2D eigenvalue weighted by Crippen LogP contribution is -2.30. The molecule has 1 unspecified atom stereocenters. The van der Waals surface area contributed by atoms with Crippen molar-refractivity contribution >= 4 is 28.9 Å². The Balaban J connectivity index is 1.48. The molecule has 0 aliphatic heterocycles. The highest BCUT2D eigenvalue weighted by molar-refractivity contribution is 5.99. The van der Waals surface area contributed by atoms with Gasteiger partial charge >= 0.3 is 5.97 Å². The number of methoxy groups -OCH3 is 1. The Morgan fingerprint density at radius 2 is 1.96 bits per heavy atom. The van der Waals surface area contributed by atoms with E-state index < -0.39 is 18.0 Å². The predicted molar refractivity (Wildman–Crippen MR) is 99.0 cm³/mol. The Labute approximate surface area is 160 Å². The van der Waals surface area contributed by atoms with Gasteiger partial charge in [0.05, 0.1) is 26.5 Å². The number of benzene rings is 1. The van der Waals surface area contributed by atoms with Gasteiger partial charge in [-0.25, -0.2) is 15.0 Å². The Morgan fingerprint density at radius 1 is 1.18 bits per heavy atom. The number of amides is 1. The maximum absolute atomic E-state index is 12.3. The summed E-state index contributed by atoms with van der Waals surface area (Å²) in [7, 11) is 1.53. The van der Waals surface area contributed by atoms with Gasteiger partial charge in [0.1, 0.15) is 11.8 Å². The van der Waals surface area contributed by atoms with Crippen LogP contribution in [0.4, 0.5) is 5.82 Å². The van der Waals surface area contributed by atoms with Crippen LogP contribution < -0.4 is 14.8 Å². The number of hydrogen-bond acceptors (Lipinski definition) is 8. The average molecular weight is 385 g/mol.